The van der Waals surface area contributed by atoms with E-state index >= 15 is 0 Å². The maximum absolute atomic E-state index is 10.1. The molecule has 0 bridgehead atoms. The minimum atomic E-state index is -1.01. The molecule has 57 valence electrons. The molecule has 0 aliphatic heterocycles. The monoisotopic (exact) mass is 145 g/mol. The van der Waals surface area contributed by atoms with Crippen molar-refractivity contribution in [2.75, 3.05) is 0 Å². The van der Waals surface area contributed by atoms with Crippen molar-refractivity contribution in [2.24, 2.45) is 5.92 Å². The van der Waals surface area contributed by atoms with E-state index in [1.807, 2.05) is 0 Å². The Kier molecular flexibility index (Phi) is 3.46. The molecule has 1 unspecified atom stereocenters. The molecule has 0 aliphatic carbocycles. The van der Waals surface area contributed by atoms with E-state index in [-0.39, 0.29) is 6.42 Å². The van der Waals surface area contributed by atoms with E-state index in [0.717, 1.165) is 0 Å². The highest BCUT2D eigenvalue weighted by Gasteiger charge is 2.11. The minimum absolute atomic E-state index is 0.201. The largest absolute Gasteiger partial charge is 0.481 e. The van der Waals surface area contributed by atoms with Gasteiger partial charge in [0.15, 0.2) is 0 Å². The van der Waals surface area contributed by atoms with E-state index in [0.29, 0.717) is 0 Å². The number of carboxylic acids is 2. The highest BCUT2D eigenvalue weighted by atomic mass is 16.4. The Morgan fingerprint density at radius 1 is 1.50 bits per heavy atom. The van der Waals surface area contributed by atoms with Gasteiger partial charge in [0.1, 0.15) is 0 Å². The highest BCUT2D eigenvalue weighted by molar-refractivity contribution is 5.74. The Labute approximate surface area is 58.5 Å². The molecule has 10 heavy (non-hydrogen) atoms. The maximum atomic E-state index is 10.1. The molecule has 0 saturated heterocycles. The molecular formula is C6H9O4. The van der Waals surface area contributed by atoms with E-state index in [1.165, 1.54) is 13.3 Å². The molecule has 2 N–H and O–H groups in total. The summed E-state index contributed by atoms with van der Waals surface area (Å²) in [5, 5.41) is 16.4. The van der Waals surface area contributed by atoms with Gasteiger partial charge in [0.2, 0.25) is 0 Å². The maximum Gasteiger partial charge on any atom is 0.306 e. The SMILES string of the molecule is CC([CH]CC(=O)O)C(=O)O. The predicted octanol–water partition coefficient (Wildman–Crippen LogP) is 0.386. The van der Waals surface area contributed by atoms with E-state index in [9.17, 15) is 9.59 Å². The summed E-state index contributed by atoms with van der Waals surface area (Å²) in [6.45, 7) is 1.44. The Morgan fingerprint density at radius 2 is 2.00 bits per heavy atom. The first kappa shape index (κ1) is 8.94. The van der Waals surface area contributed by atoms with Gasteiger partial charge in [0.05, 0.1) is 5.92 Å². The van der Waals surface area contributed by atoms with Crippen molar-refractivity contribution in [3.8, 4) is 0 Å². The van der Waals surface area contributed by atoms with Gasteiger partial charge >= 0.3 is 11.9 Å². The summed E-state index contributed by atoms with van der Waals surface area (Å²) in [5.74, 6) is -2.69. The molecule has 0 fully saturated rings. The lowest BCUT2D eigenvalue weighted by Gasteiger charge is -2.00. The quantitative estimate of drug-likeness (QED) is 0.599. The molecule has 4 heteroatoms. The van der Waals surface area contributed by atoms with Gasteiger partial charge in [-0.15, -0.1) is 0 Å². The zero-order chi connectivity index (χ0) is 8.15. The smallest absolute Gasteiger partial charge is 0.306 e. The van der Waals surface area contributed by atoms with Crippen LogP contribution in [0.3, 0.4) is 0 Å². The van der Waals surface area contributed by atoms with E-state index < -0.39 is 17.9 Å². The number of aliphatic carboxylic acids is 2. The number of hydrogen-bond donors (Lipinski definition) is 2. The third-order valence-electron chi connectivity index (χ3n) is 1.04. The second kappa shape index (κ2) is 3.87. The molecule has 1 radical (unpaired) electrons. The zero-order valence-electron chi connectivity index (χ0n) is 5.57. The Morgan fingerprint density at radius 3 is 2.30 bits per heavy atom. The van der Waals surface area contributed by atoms with Crippen molar-refractivity contribution in [1.29, 1.82) is 0 Å². The fraction of sp³-hybridized carbons (Fsp3) is 0.500. The van der Waals surface area contributed by atoms with Crippen molar-refractivity contribution in [1.82, 2.24) is 0 Å². The molecule has 0 spiro atoms. The summed E-state index contributed by atoms with van der Waals surface area (Å²) in [5.41, 5.74) is 0. The first-order chi connectivity index (χ1) is 4.54. The molecular weight excluding hydrogens is 136 g/mol. The molecule has 0 rings (SSSR count). The topological polar surface area (TPSA) is 74.6 Å². The summed E-state index contributed by atoms with van der Waals surface area (Å²) in [6, 6.07) is 0. The number of carbonyl (C=O) groups is 2. The predicted molar refractivity (Wildman–Crippen MR) is 33.4 cm³/mol. The van der Waals surface area contributed by atoms with Gasteiger partial charge in [0.25, 0.3) is 0 Å². The van der Waals surface area contributed by atoms with Gasteiger partial charge in [-0.3, -0.25) is 9.59 Å². The van der Waals surface area contributed by atoms with Crippen LogP contribution in [0.2, 0.25) is 0 Å². The lowest BCUT2D eigenvalue weighted by atomic mass is 10.1. The average Bonchev–Trinajstić information content (AvgIpc) is 1.82. The van der Waals surface area contributed by atoms with Crippen LogP contribution in [0.1, 0.15) is 13.3 Å². The summed E-state index contributed by atoms with van der Waals surface area (Å²) in [4.78, 5) is 20.0. The van der Waals surface area contributed by atoms with Gasteiger partial charge in [0, 0.05) is 6.42 Å². The zero-order valence-corrected chi connectivity index (χ0v) is 5.57. The van der Waals surface area contributed by atoms with Crippen LogP contribution < -0.4 is 0 Å². The number of carboxylic acid groups (broad SMARTS) is 2. The lowest BCUT2D eigenvalue weighted by Crippen LogP contribution is -2.11. The molecule has 0 aliphatic rings. The van der Waals surface area contributed by atoms with Crippen LogP contribution in [0.4, 0.5) is 0 Å². The summed E-state index contributed by atoms with van der Waals surface area (Å²) in [7, 11) is 0. The van der Waals surface area contributed by atoms with Crippen LogP contribution in [0.15, 0.2) is 0 Å². The van der Waals surface area contributed by atoms with Crippen molar-refractivity contribution < 1.29 is 19.8 Å². The van der Waals surface area contributed by atoms with Crippen LogP contribution in [0.25, 0.3) is 0 Å². The Hall–Kier alpha value is -1.06. The average molecular weight is 145 g/mol. The molecule has 0 heterocycles. The van der Waals surface area contributed by atoms with Gasteiger partial charge in [-0.25, -0.2) is 0 Å². The highest BCUT2D eigenvalue weighted by Crippen LogP contribution is 2.02. The second-order valence-electron chi connectivity index (χ2n) is 1.96. The molecule has 0 aromatic heterocycles. The van der Waals surface area contributed by atoms with Crippen molar-refractivity contribution in [2.45, 2.75) is 13.3 Å². The molecule has 0 amide bonds. The molecule has 0 aromatic rings. The van der Waals surface area contributed by atoms with Gasteiger partial charge in [-0.05, 0) is 6.42 Å². The van der Waals surface area contributed by atoms with Crippen LogP contribution >= 0.6 is 0 Å². The summed E-state index contributed by atoms with van der Waals surface area (Å²) < 4.78 is 0. The number of hydrogen-bond acceptors (Lipinski definition) is 2. The minimum Gasteiger partial charge on any atom is -0.481 e. The summed E-state index contributed by atoms with van der Waals surface area (Å²) >= 11 is 0. The van der Waals surface area contributed by atoms with Gasteiger partial charge in [-0.2, -0.15) is 0 Å². The fourth-order valence-corrected chi connectivity index (χ4v) is 0.378. The van der Waals surface area contributed by atoms with E-state index in [1.54, 1.807) is 0 Å². The first-order valence-corrected chi connectivity index (χ1v) is 2.82. The number of rotatable bonds is 4. The van der Waals surface area contributed by atoms with Crippen molar-refractivity contribution >= 4 is 11.9 Å². The fourth-order valence-electron chi connectivity index (χ4n) is 0.378. The van der Waals surface area contributed by atoms with Crippen LogP contribution in [0, 0.1) is 12.3 Å². The normalized spacial score (nSPS) is 12.5. The van der Waals surface area contributed by atoms with E-state index in [2.05, 4.69) is 0 Å². The molecule has 4 nitrogen and oxygen atoms in total. The van der Waals surface area contributed by atoms with Crippen molar-refractivity contribution in [3.63, 3.8) is 0 Å². The Bertz CT molecular complexity index is 141. The van der Waals surface area contributed by atoms with Crippen LogP contribution in [-0.2, 0) is 9.59 Å². The van der Waals surface area contributed by atoms with Gasteiger partial charge in [-0.1, -0.05) is 6.92 Å². The molecule has 0 saturated carbocycles. The molecule has 0 aromatic carbocycles. The lowest BCUT2D eigenvalue weighted by molar-refractivity contribution is -0.140. The second-order valence-corrected chi connectivity index (χ2v) is 1.96. The summed E-state index contributed by atoms with van der Waals surface area (Å²) in [6.07, 6.45) is 1.04. The molecule has 1 atom stereocenters. The van der Waals surface area contributed by atoms with Crippen LogP contribution in [-0.4, -0.2) is 22.2 Å². The van der Waals surface area contributed by atoms with Gasteiger partial charge < -0.3 is 10.2 Å². The van der Waals surface area contributed by atoms with Crippen LogP contribution in [0.5, 0.6) is 0 Å². The van der Waals surface area contributed by atoms with E-state index in [4.69, 9.17) is 10.2 Å². The third-order valence-corrected chi connectivity index (χ3v) is 1.04. The van der Waals surface area contributed by atoms with Crippen molar-refractivity contribution in [3.05, 3.63) is 6.42 Å². The Balaban J connectivity index is 3.49. The third kappa shape index (κ3) is 3.88. The standard InChI is InChI=1S/C6H9O4/c1-4(6(9)10)2-3-5(7)8/h2,4H,3H2,1H3,(H,7,8)(H,9,10). The first-order valence-electron chi connectivity index (χ1n) is 2.82.